The van der Waals surface area contributed by atoms with Crippen LogP contribution in [0.1, 0.15) is 52.4 Å². The van der Waals surface area contributed by atoms with Crippen molar-refractivity contribution in [3.05, 3.63) is 89.0 Å². The number of anilines is 1. The summed E-state index contributed by atoms with van der Waals surface area (Å²) in [6.45, 7) is 2.15. The molecule has 2 unspecified atom stereocenters. The second-order valence-corrected chi connectivity index (χ2v) is 8.62. The highest BCUT2D eigenvalue weighted by Crippen LogP contribution is 2.44. The second-order valence-electron chi connectivity index (χ2n) is 8.62. The van der Waals surface area contributed by atoms with Crippen LogP contribution in [0.3, 0.4) is 0 Å². The van der Waals surface area contributed by atoms with Crippen LogP contribution in [0.25, 0.3) is 11.1 Å². The number of aliphatic hydroxyl groups excluding tert-OH is 2. The molecule has 5 N–H and O–H groups in total. The van der Waals surface area contributed by atoms with Crippen LogP contribution in [-0.4, -0.2) is 48.1 Å². The van der Waals surface area contributed by atoms with Gasteiger partial charge in [0.15, 0.2) is 0 Å². The van der Waals surface area contributed by atoms with Gasteiger partial charge in [-0.3, -0.25) is 0 Å². The number of fused-ring (bicyclic) bond motifs is 3. The average molecular weight is 491 g/mol. The van der Waals surface area contributed by atoms with Crippen LogP contribution in [0.2, 0.25) is 0 Å². The number of aliphatic hydroxyl groups is 2. The summed E-state index contributed by atoms with van der Waals surface area (Å²) in [5.74, 6) is -0.648. The zero-order valence-corrected chi connectivity index (χ0v) is 20.0. The summed E-state index contributed by atoms with van der Waals surface area (Å²) in [6.07, 6.45) is -2.99. The molecule has 2 atom stereocenters. The molecule has 188 valence electrons. The summed E-state index contributed by atoms with van der Waals surface area (Å²) in [4.78, 5) is 24.4. The molecule has 0 bridgehead atoms. The molecule has 0 aliphatic heterocycles. The Kier molecular flexibility index (Phi) is 7.87. The first-order valence-electron chi connectivity index (χ1n) is 11.9. The smallest absolute Gasteiger partial charge is 0.407 e. The zero-order valence-electron chi connectivity index (χ0n) is 20.0. The van der Waals surface area contributed by atoms with Crippen molar-refractivity contribution in [1.82, 2.24) is 5.32 Å². The Hall–Kier alpha value is -3.88. The lowest BCUT2D eigenvalue weighted by molar-refractivity contribution is 0.0135. The molecule has 4 rings (SSSR count). The first kappa shape index (κ1) is 25.2. The van der Waals surface area contributed by atoms with Gasteiger partial charge in [-0.25, -0.2) is 9.59 Å². The van der Waals surface area contributed by atoms with E-state index in [1.807, 2.05) is 36.4 Å². The molecule has 0 saturated heterocycles. The molecule has 3 aromatic rings. The SMILES string of the molecule is CCOC(=O)c1cc(C(O)C(O)CCNC(=O)OCC2c3ccccc3-c3ccccc32)ccc1N. The Labute approximate surface area is 209 Å². The van der Waals surface area contributed by atoms with Gasteiger partial charge in [-0.1, -0.05) is 54.6 Å². The highest BCUT2D eigenvalue weighted by Gasteiger charge is 2.29. The molecule has 0 saturated carbocycles. The van der Waals surface area contributed by atoms with E-state index in [9.17, 15) is 19.8 Å². The summed E-state index contributed by atoms with van der Waals surface area (Å²) in [5.41, 5.74) is 11.0. The van der Waals surface area contributed by atoms with Gasteiger partial charge < -0.3 is 30.7 Å². The number of nitrogens with two attached hydrogens (primary N) is 1. The quantitative estimate of drug-likeness (QED) is 0.265. The fraction of sp³-hybridized carbons (Fsp3) is 0.286. The normalized spacial score (nSPS) is 13.9. The molecule has 0 radical (unpaired) electrons. The first-order valence-corrected chi connectivity index (χ1v) is 11.9. The Balaban J connectivity index is 1.29. The van der Waals surface area contributed by atoms with Crippen molar-refractivity contribution in [3.63, 3.8) is 0 Å². The number of benzene rings is 3. The number of rotatable bonds is 9. The lowest BCUT2D eigenvalue weighted by Crippen LogP contribution is -2.30. The van der Waals surface area contributed by atoms with E-state index in [2.05, 4.69) is 17.4 Å². The minimum absolute atomic E-state index is 0.0466. The van der Waals surface area contributed by atoms with Crippen LogP contribution in [-0.2, 0) is 9.47 Å². The number of nitrogens with one attached hydrogen (secondary N) is 1. The number of esters is 1. The third kappa shape index (κ3) is 5.35. The minimum atomic E-state index is -1.27. The number of carbonyl (C=O) groups excluding carboxylic acids is 2. The van der Waals surface area contributed by atoms with Gasteiger partial charge >= 0.3 is 12.1 Å². The highest BCUT2D eigenvalue weighted by molar-refractivity contribution is 5.95. The fourth-order valence-electron chi connectivity index (χ4n) is 4.50. The second kappa shape index (κ2) is 11.2. The number of hydrogen-bond acceptors (Lipinski definition) is 7. The Morgan fingerprint density at radius 3 is 2.25 bits per heavy atom. The van der Waals surface area contributed by atoms with E-state index in [-0.39, 0.29) is 43.3 Å². The van der Waals surface area contributed by atoms with Crippen molar-refractivity contribution >= 4 is 17.7 Å². The van der Waals surface area contributed by atoms with Crippen molar-refractivity contribution in [2.24, 2.45) is 0 Å². The predicted molar refractivity (Wildman–Crippen MR) is 135 cm³/mol. The fourth-order valence-corrected chi connectivity index (χ4v) is 4.50. The standard InChI is InChI=1S/C28H30N2O6/c1-2-35-27(33)22-15-17(11-12-24(22)29)26(32)25(31)13-14-30-28(34)36-16-23-20-9-5-3-7-18(20)19-8-4-6-10-21(19)23/h3-12,15,23,25-26,31-32H,2,13-14,16,29H2,1H3,(H,30,34). The lowest BCUT2D eigenvalue weighted by Gasteiger charge is -2.19. The van der Waals surface area contributed by atoms with Gasteiger partial charge in [0.05, 0.1) is 18.3 Å². The number of alkyl carbamates (subject to hydrolysis) is 1. The van der Waals surface area contributed by atoms with E-state index < -0.39 is 24.3 Å². The summed E-state index contributed by atoms with van der Waals surface area (Å²) < 4.78 is 10.5. The Morgan fingerprint density at radius 2 is 1.61 bits per heavy atom. The Morgan fingerprint density at radius 1 is 0.972 bits per heavy atom. The maximum atomic E-state index is 12.3. The van der Waals surface area contributed by atoms with Crippen molar-refractivity contribution in [1.29, 1.82) is 0 Å². The van der Waals surface area contributed by atoms with E-state index in [4.69, 9.17) is 15.2 Å². The number of amides is 1. The largest absolute Gasteiger partial charge is 0.462 e. The molecule has 0 fully saturated rings. The number of carbonyl (C=O) groups is 2. The predicted octanol–water partition coefficient (Wildman–Crippen LogP) is 3.77. The zero-order chi connectivity index (χ0) is 25.7. The van der Waals surface area contributed by atoms with Gasteiger partial charge in [-0.05, 0) is 53.3 Å². The maximum Gasteiger partial charge on any atom is 0.407 e. The topological polar surface area (TPSA) is 131 Å². The van der Waals surface area contributed by atoms with Crippen molar-refractivity contribution in [2.75, 3.05) is 25.5 Å². The molecule has 0 spiro atoms. The molecule has 36 heavy (non-hydrogen) atoms. The van der Waals surface area contributed by atoms with Gasteiger partial charge in [0.25, 0.3) is 0 Å². The van der Waals surface area contributed by atoms with Crippen molar-refractivity contribution < 1.29 is 29.3 Å². The van der Waals surface area contributed by atoms with Crippen LogP contribution < -0.4 is 11.1 Å². The third-order valence-corrected chi connectivity index (χ3v) is 6.33. The summed E-state index contributed by atoms with van der Waals surface area (Å²) >= 11 is 0. The van der Waals surface area contributed by atoms with Gasteiger partial charge in [0.1, 0.15) is 12.7 Å². The number of nitrogen functional groups attached to an aromatic ring is 1. The molecule has 1 aliphatic carbocycles. The molecular formula is C28H30N2O6. The molecular weight excluding hydrogens is 460 g/mol. The van der Waals surface area contributed by atoms with E-state index in [0.29, 0.717) is 5.56 Å². The maximum absolute atomic E-state index is 12.3. The van der Waals surface area contributed by atoms with E-state index in [0.717, 1.165) is 22.3 Å². The first-order chi connectivity index (χ1) is 17.4. The molecule has 1 aliphatic rings. The van der Waals surface area contributed by atoms with Gasteiger partial charge in [0, 0.05) is 18.2 Å². The van der Waals surface area contributed by atoms with Crippen LogP contribution in [0.5, 0.6) is 0 Å². The molecule has 8 nitrogen and oxygen atoms in total. The third-order valence-electron chi connectivity index (χ3n) is 6.33. The van der Waals surface area contributed by atoms with Crippen LogP contribution >= 0.6 is 0 Å². The Bertz CT molecular complexity index is 1200. The van der Waals surface area contributed by atoms with Gasteiger partial charge in [-0.2, -0.15) is 0 Å². The molecule has 3 aromatic carbocycles. The van der Waals surface area contributed by atoms with E-state index in [1.165, 1.54) is 18.2 Å². The monoisotopic (exact) mass is 490 g/mol. The van der Waals surface area contributed by atoms with Crippen molar-refractivity contribution in [2.45, 2.75) is 31.5 Å². The molecule has 0 heterocycles. The van der Waals surface area contributed by atoms with E-state index in [1.54, 1.807) is 6.92 Å². The van der Waals surface area contributed by atoms with Crippen molar-refractivity contribution in [3.8, 4) is 11.1 Å². The van der Waals surface area contributed by atoms with Crippen LogP contribution in [0.4, 0.5) is 10.5 Å². The van der Waals surface area contributed by atoms with Crippen LogP contribution in [0.15, 0.2) is 66.7 Å². The number of hydrogen-bond donors (Lipinski definition) is 4. The minimum Gasteiger partial charge on any atom is -0.462 e. The molecule has 8 heteroatoms. The van der Waals surface area contributed by atoms with Crippen LogP contribution in [0, 0.1) is 0 Å². The summed E-state index contributed by atoms with van der Waals surface area (Å²) in [6, 6.07) is 20.6. The average Bonchev–Trinajstić information content (AvgIpc) is 3.21. The van der Waals surface area contributed by atoms with E-state index >= 15 is 0 Å². The summed E-state index contributed by atoms with van der Waals surface area (Å²) in [7, 11) is 0. The van der Waals surface area contributed by atoms with Gasteiger partial charge in [-0.15, -0.1) is 0 Å². The summed E-state index contributed by atoms with van der Waals surface area (Å²) in [5, 5.41) is 23.6. The highest BCUT2D eigenvalue weighted by atomic mass is 16.5. The number of ether oxygens (including phenoxy) is 2. The van der Waals surface area contributed by atoms with Gasteiger partial charge in [0.2, 0.25) is 0 Å². The molecule has 1 amide bonds. The molecule has 0 aromatic heterocycles. The lowest BCUT2D eigenvalue weighted by atomic mass is 9.98.